The van der Waals surface area contributed by atoms with Crippen LogP contribution in [-0.4, -0.2) is 32.7 Å². The van der Waals surface area contributed by atoms with Crippen LogP contribution in [0, 0.1) is 19.8 Å². The molecule has 0 bridgehead atoms. The zero-order chi connectivity index (χ0) is 16.8. The summed E-state index contributed by atoms with van der Waals surface area (Å²) in [4.78, 5) is 15.3. The summed E-state index contributed by atoms with van der Waals surface area (Å²) in [5.74, 6) is 0.231. The molecule has 5 nitrogen and oxygen atoms in total. The molecule has 5 heteroatoms. The summed E-state index contributed by atoms with van der Waals surface area (Å²) in [6, 6.07) is 0.175. The van der Waals surface area contributed by atoms with Crippen LogP contribution in [0.2, 0.25) is 0 Å². The molecule has 1 aliphatic carbocycles. The van der Waals surface area contributed by atoms with E-state index in [4.69, 9.17) is 5.73 Å². The van der Waals surface area contributed by atoms with Crippen molar-refractivity contribution in [3.63, 3.8) is 0 Å². The summed E-state index contributed by atoms with van der Waals surface area (Å²) in [5, 5.41) is 4.54. The monoisotopic (exact) mass is 318 g/mol. The molecular weight excluding hydrogens is 288 g/mol. The molecule has 3 unspecified atom stereocenters. The Labute approximate surface area is 139 Å². The second kappa shape index (κ2) is 5.93. The first-order valence-electron chi connectivity index (χ1n) is 8.92. The summed E-state index contributed by atoms with van der Waals surface area (Å²) < 4.78 is 1.93. The Bertz CT molecular complexity index is 604. The van der Waals surface area contributed by atoms with Crippen molar-refractivity contribution in [2.45, 2.75) is 70.9 Å². The highest BCUT2D eigenvalue weighted by Crippen LogP contribution is 2.40. The molecule has 128 valence electrons. The third kappa shape index (κ3) is 2.80. The zero-order valence-corrected chi connectivity index (χ0v) is 14.9. The molecule has 0 radical (unpaired) electrons. The minimum atomic E-state index is -0.360. The van der Waals surface area contributed by atoms with Gasteiger partial charge in [-0.15, -0.1) is 0 Å². The van der Waals surface area contributed by atoms with Gasteiger partial charge in [-0.1, -0.05) is 12.8 Å². The van der Waals surface area contributed by atoms with Gasteiger partial charge in [0.05, 0.1) is 17.7 Å². The van der Waals surface area contributed by atoms with Crippen molar-refractivity contribution in [2.24, 2.45) is 18.7 Å². The van der Waals surface area contributed by atoms with Gasteiger partial charge in [-0.25, -0.2) is 0 Å². The molecule has 2 fully saturated rings. The van der Waals surface area contributed by atoms with Crippen LogP contribution in [0.1, 0.15) is 68.4 Å². The maximum Gasteiger partial charge on any atom is 0.228 e. The van der Waals surface area contributed by atoms with Crippen LogP contribution >= 0.6 is 0 Å². The largest absolute Gasteiger partial charge is 0.335 e. The summed E-state index contributed by atoms with van der Waals surface area (Å²) in [6.45, 7) is 7.06. The van der Waals surface area contributed by atoms with E-state index >= 15 is 0 Å². The predicted molar refractivity (Wildman–Crippen MR) is 90.9 cm³/mol. The topological polar surface area (TPSA) is 64.2 Å². The van der Waals surface area contributed by atoms with Crippen molar-refractivity contribution in [1.82, 2.24) is 14.7 Å². The van der Waals surface area contributed by atoms with Crippen LogP contribution in [0.15, 0.2) is 0 Å². The Morgan fingerprint density at radius 2 is 2.00 bits per heavy atom. The van der Waals surface area contributed by atoms with Crippen LogP contribution in [0.5, 0.6) is 0 Å². The van der Waals surface area contributed by atoms with Crippen LogP contribution in [-0.2, 0) is 11.8 Å². The Kier molecular flexibility index (Phi) is 4.25. The van der Waals surface area contributed by atoms with E-state index in [9.17, 15) is 4.79 Å². The Morgan fingerprint density at radius 1 is 1.26 bits per heavy atom. The van der Waals surface area contributed by atoms with Gasteiger partial charge in [0.25, 0.3) is 0 Å². The molecule has 0 spiro atoms. The molecular formula is C18H30N4O. The van der Waals surface area contributed by atoms with Crippen LogP contribution in [0.25, 0.3) is 0 Å². The predicted octanol–water partition coefficient (Wildman–Crippen LogP) is 2.61. The van der Waals surface area contributed by atoms with Gasteiger partial charge in [-0.2, -0.15) is 5.10 Å². The smallest absolute Gasteiger partial charge is 0.228 e. The lowest BCUT2D eigenvalue weighted by Gasteiger charge is -2.40. The van der Waals surface area contributed by atoms with Crippen molar-refractivity contribution in [2.75, 3.05) is 6.54 Å². The van der Waals surface area contributed by atoms with Gasteiger partial charge in [0.2, 0.25) is 5.91 Å². The van der Waals surface area contributed by atoms with E-state index in [0.717, 1.165) is 50.8 Å². The molecule has 2 N–H and O–H groups in total. The highest BCUT2D eigenvalue weighted by atomic mass is 16.2. The number of likely N-dealkylation sites (tertiary alicyclic amines) is 1. The van der Waals surface area contributed by atoms with E-state index in [0.29, 0.717) is 0 Å². The van der Waals surface area contributed by atoms with Crippen molar-refractivity contribution in [1.29, 1.82) is 0 Å². The van der Waals surface area contributed by atoms with Crippen molar-refractivity contribution in [3.05, 3.63) is 17.0 Å². The molecule has 1 amide bonds. The number of amides is 1. The number of carbonyl (C=O) groups is 1. The second-order valence-corrected chi connectivity index (χ2v) is 7.70. The summed E-state index contributed by atoms with van der Waals surface area (Å²) in [5.41, 5.74) is 9.58. The van der Waals surface area contributed by atoms with Crippen molar-refractivity contribution >= 4 is 5.91 Å². The Morgan fingerprint density at radius 3 is 2.61 bits per heavy atom. The maximum absolute atomic E-state index is 13.2. The van der Waals surface area contributed by atoms with Gasteiger partial charge in [0, 0.05) is 30.4 Å². The van der Waals surface area contributed by atoms with Crippen molar-refractivity contribution in [3.8, 4) is 0 Å². The second-order valence-electron chi connectivity index (χ2n) is 7.70. The third-order valence-electron chi connectivity index (χ3n) is 5.99. The van der Waals surface area contributed by atoms with Gasteiger partial charge in [-0.05, 0) is 46.5 Å². The molecule has 1 aliphatic heterocycles. The number of hydrogen-bond acceptors (Lipinski definition) is 3. The van der Waals surface area contributed by atoms with Gasteiger partial charge in [0.1, 0.15) is 0 Å². The average molecular weight is 318 g/mol. The summed E-state index contributed by atoms with van der Waals surface area (Å²) in [7, 11) is 1.98. The maximum atomic E-state index is 13.2. The normalized spacial score (nSPS) is 31.6. The van der Waals surface area contributed by atoms with Crippen LogP contribution < -0.4 is 5.73 Å². The fourth-order valence-electron chi connectivity index (χ4n) is 4.57. The minimum absolute atomic E-state index is 0.0332. The molecule has 1 saturated heterocycles. The molecule has 1 aromatic heterocycles. The molecule has 2 heterocycles. The number of rotatable bonds is 2. The lowest BCUT2D eigenvalue weighted by atomic mass is 9.74. The van der Waals surface area contributed by atoms with E-state index in [2.05, 4.69) is 30.8 Å². The number of aromatic nitrogens is 2. The number of hydrogen-bond donors (Lipinski definition) is 1. The van der Waals surface area contributed by atoms with E-state index in [-0.39, 0.29) is 23.4 Å². The van der Waals surface area contributed by atoms with Crippen LogP contribution in [0.3, 0.4) is 0 Å². The van der Waals surface area contributed by atoms with Crippen LogP contribution in [0.4, 0.5) is 0 Å². The van der Waals surface area contributed by atoms with Gasteiger partial charge in [-0.3, -0.25) is 9.48 Å². The van der Waals surface area contributed by atoms with Gasteiger partial charge >= 0.3 is 0 Å². The quantitative estimate of drug-likeness (QED) is 0.911. The number of aryl methyl sites for hydroxylation is 2. The van der Waals surface area contributed by atoms with Gasteiger partial charge in [0.15, 0.2) is 0 Å². The third-order valence-corrected chi connectivity index (χ3v) is 5.99. The fourth-order valence-corrected chi connectivity index (χ4v) is 4.57. The number of nitrogens with two attached hydrogens (primary N) is 1. The average Bonchev–Trinajstić information content (AvgIpc) is 3.03. The molecule has 3 atom stereocenters. The molecule has 3 rings (SSSR count). The van der Waals surface area contributed by atoms with Crippen molar-refractivity contribution < 1.29 is 4.79 Å². The lowest BCUT2D eigenvalue weighted by molar-refractivity contribution is -0.139. The van der Waals surface area contributed by atoms with E-state index in [1.165, 1.54) is 11.3 Å². The van der Waals surface area contributed by atoms with E-state index in [1.807, 2.05) is 11.7 Å². The first-order valence-corrected chi connectivity index (χ1v) is 8.92. The highest BCUT2D eigenvalue weighted by Gasteiger charge is 2.43. The molecule has 1 saturated carbocycles. The van der Waals surface area contributed by atoms with E-state index in [1.54, 1.807) is 0 Å². The SMILES string of the molecule is Cc1nn(C)c(C)c1C1CCCN1C(=O)C1CCCCC1(C)N. The Hall–Kier alpha value is -1.36. The standard InChI is InChI=1S/C18H30N4O/c1-12-16(13(2)21(4)20-12)15-9-7-11-22(15)17(23)14-8-5-6-10-18(14,3)19/h14-15H,5-11,19H2,1-4H3. The Balaban J connectivity index is 1.88. The molecule has 23 heavy (non-hydrogen) atoms. The summed E-state index contributed by atoms with van der Waals surface area (Å²) in [6.07, 6.45) is 6.24. The number of nitrogens with zero attached hydrogens (tertiary/aromatic N) is 3. The summed E-state index contributed by atoms with van der Waals surface area (Å²) >= 11 is 0. The van der Waals surface area contributed by atoms with E-state index < -0.39 is 0 Å². The fraction of sp³-hybridized carbons (Fsp3) is 0.778. The molecule has 0 aromatic carbocycles. The van der Waals surface area contributed by atoms with Gasteiger partial charge < -0.3 is 10.6 Å². The first-order chi connectivity index (χ1) is 10.8. The highest BCUT2D eigenvalue weighted by molar-refractivity contribution is 5.81. The molecule has 2 aliphatic rings. The lowest BCUT2D eigenvalue weighted by Crippen LogP contribution is -2.53. The first kappa shape index (κ1) is 16.5. The number of carbonyl (C=O) groups excluding carboxylic acids is 1. The zero-order valence-electron chi connectivity index (χ0n) is 14.9. The molecule has 1 aromatic rings. The minimum Gasteiger partial charge on any atom is -0.335 e.